The molecule has 0 saturated heterocycles. The van der Waals surface area contributed by atoms with E-state index in [9.17, 15) is 19.2 Å². The predicted octanol–water partition coefficient (Wildman–Crippen LogP) is 0.735. The summed E-state index contributed by atoms with van der Waals surface area (Å²) in [4.78, 5) is 50.7. The molecule has 1 aliphatic heterocycles. The SMILES string of the molecule is CC(=O)N1c2cc(C#N)ccc2NC(=O)[C@@H](NC(=O)[C@H](C)N(C)C(=O)O)[C@@H]1C. The molecule has 0 bridgehead atoms. The summed E-state index contributed by atoms with van der Waals surface area (Å²) in [6, 6.07) is 3.54. The fraction of sp³-hybridized carbons (Fsp3) is 0.389. The Hall–Kier alpha value is -3.61. The molecular formula is C18H21N5O5. The monoisotopic (exact) mass is 387 g/mol. The van der Waals surface area contributed by atoms with Crippen LogP contribution in [0.1, 0.15) is 26.3 Å². The van der Waals surface area contributed by atoms with Gasteiger partial charge in [-0.25, -0.2) is 4.79 Å². The molecule has 1 aliphatic rings. The van der Waals surface area contributed by atoms with Crippen LogP contribution in [0, 0.1) is 11.3 Å². The van der Waals surface area contributed by atoms with Gasteiger partial charge in [0.15, 0.2) is 0 Å². The van der Waals surface area contributed by atoms with Gasteiger partial charge in [0.25, 0.3) is 0 Å². The standard InChI is InChI=1S/C18H21N5O5/c1-9-15(21-16(25)10(2)22(4)18(27)28)17(26)20-13-6-5-12(8-19)7-14(13)23(9)11(3)24/h5-7,9-10,15H,1-4H3,(H,20,26)(H,21,25)(H,27,28)/t9-,10-,15-/m0/s1. The van der Waals surface area contributed by atoms with Crippen molar-refractivity contribution in [1.29, 1.82) is 5.26 Å². The molecule has 0 radical (unpaired) electrons. The van der Waals surface area contributed by atoms with E-state index < -0.39 is 36.0 Å². The average molecular weight is 387 g/mol. The largest absolute Gasteiger partial charge is 0.465 e. The summed E-state index contributed by atoms with van der Waals surface area (Å²) in [5.41, 5.74) is 0.990. The minimum atomic E-state index is -1.29. The number of hydrogen-bond acceptors (Lipinski definition) is 5. The van der Waals surface area contributed by atoms with Crippen molar-refractivity contribution >= 4 is 35.2 Å². The second-order valence-corrected chi connectivity index (χ2v) is 6.52. The lowest BCUT2D eigenvalue weighted by molar-refractivity contribution is -0.129. The van der Waals surface area contributed by atoms with Crippen LogP contribution in [0.2, 0.25) is 0 Å². The number of rotatable bonds is 3. The van der Waals surface area contributed by atoms with Gasteiger partial charge in [-0.05, 0) is 32.0 Å². The molecule has 0 fully saturated rings. The molecule has 0 unspecified atom stereocenters. The molecule has 1 heterocycles. The van der Waals surface area contributed by atoms with Crippen molar-refractivity contribution in [3.8, 4) is 6.07 Å². The third kappa shape index (κ3) is 3.88. The van der Waals surface area contributed by atoms with E-state index in [1.165, 1.54) is 44.0 Å². The second kappa shape index (κ2) is 7.96. The van der Waals surface area contributed by atoms with E-state index in [-0.39, 0.29) is 5.91 Å². The number of fused-ring (bicyclic) bond motifs is 1. The topological polar surface area (TPSA) is 143 Å². The molecule has 10 heteroatoms. The zero-order valence-corrected chi connectivity index (χ0v) is 15.9. The molecule has 3 atom stereocenters. The first kappa shape index (κ1) is 20.7. The fourth-order valence-electron chi connectivity index (χ4n) is 2.96. The molecule has 148 valence electrons. The molecule has 2 rings (SSSR count). The van der Waals surface area contributed by atoms with Crippen molar-refractivity contribution in [3.63, 3.8) is 0 Å². The van der Waals surface area contributed by atoms with Gasteiger partial charge in [-0.15, -0.1) is 0 Å². The highest BCUT2D eigenvalue weighted by Gasteiger charge is 2.38. The number of anilines is 2. The van der Waals surface area contributed by atoms with Gasteiger partial charge in [0.05, 0.1) is 29.0 Å². The van der Waals surface area contributed by atoms with Crippen molar-refractivity contribution in [2.45, 2.75) is 38.9 Å². The maximum Gasteiger partial charge on any atom is 0.407 e. The Morgan fingerprint density at radius 2 is 2.04 bits per heavy atom. The van der Waals surface area contributed by atoms with Crippen LogP contribution in [0.5, 0.6) is 0 Å². The zero-order valence-electron chi connectivity index (χ0n) is 15.9. The molecule has 3 N–H and O–H groups in total. The molecule has 10 nitrogen and oxygen atoms in total. The summed E-state index contributed by atoms with van der Waals surface area (Å²) in [5.74, 6) is -1.61. The molecular weight excluding hydrogens is 366 g/mol. The molecule has 1 aromatic carbocycles. The Labute approximate surface area is 161 Å². The van der Waals surface area contributed by atoms with Crippen molar-refractivity contribution in [2.24, 2.45) is 0 Å². The van der Waals surface area contributed by atoms with Crippen LogP contribution in [0.3, 0.4) is 0 Å². The van der Waals surface area contributed by atoms with Crippen LogP contribution in [-0.2, 0) is 14.4 Å². The number of carbonyl (C=O) groups is 4. The number of hydrogen-bond donors (Lipinski definition) is 3. The normalized spacial score (nSPS) is 19.4. The number of nitriles is 1. The molecule has 0 saturated carbocycles. The lowest BCUT2D eigenvalue weighted by Crippen LogP contribution is -2.58. The van der Waals surface area contributed by atoms with E-state index in [1.807, 2.05) is 6.07 Å². The van der Waals surface area contributed by atoms with Gasteiger partial charge in [-0.2, -0.15) is 5.26 Å². The van der Waals surface area contributed by atoms with E-state index in [1.54, 1.807) is 6.92 Å². The Morgan fingerprint density at radius 1 is 1.39 bits per heavy atom. The van der Waals surface area contributed by atoms with Gasteiger partial charge < -0.3 is 20.6 Å². The summed E-state index contributed by atoms with van der Waals surface area (Å²) < 4.78 is 0. The summed E-state index contributed by atoms with van der Waals surface area (Å²) in [6.45, 7) is 4.29. The maximum absolute atomic E-state index is 12.7. The van der Waals surface area contributed by atoms with Crippen LogP contribution in [0.25, 0.3) is 0 Å². The van der Waals surface area contributed by atoms with E-state index in [0.717, 1.165) is 4.90 Å². The Morgan fingerprint density at radius 3 is 2.57 bits per heavy atom. The number of carbonyl (C=O) groups excluding carboxylic acids is 3. The summed E-state index contributed by atoms with van der Waals surface area (Å²) in [6.07, 6.45) is -1.29. The number of likely N-dealkylation sites (N-methyl/N-ethyl adjacent to an activating group) is 1. The van der Waals surface area contributed by atoms with Gasteiger partial charge in [-0.3, -0.25) is 19.3 Å². The predicted molar refractivity (Wildman–Crippen MR) is 99.6 cm³/mol. The van der Waals surface area contributed by atoms with Crippen LogP contribution in [-0.4, -0.2) is 59.0 Å². The zero-order chi connectivity index (χ0) is 21.2. The van der Waals surface area contributed by atoms with Gasteiger partial charge in [0.2, 0.25) is 17.7 Å². The van der Waals surface area contributed by atoms with E-state index in [2.05, 4.69) is 10.6 Å². The number of nitrogens with one attached hydrogen (secondary N) is 2. The van der Waals surface area contributed by atoms with Crippen LogP contribution >= 0.6 is 0 Å². The van der Waals surface area contributed by atoms with Crippen molar-refractivity contribution in [1.82, 2.24) is 10.2 Å². The lowest BCUT2D eigenvalue weighted by atomic mass is 10.1. The second-order valence-electron chi connectivity index (χ2n) is 6.52. The molecule has 0 aliphatic carbocycles. The van der Waals surface area contributed by atoms with Crippen molar-refractivity contribution in [2.75, 3.05) is 17.3 Å². The number of nitrogens with zero attached hydrogens (tertiary/aromatic N) is 3. The highest BCUT2D eigenvalue weighted by molar-refractivity contribution is 6.07. The summed E-state index contributed by atoms with van der Waals surface area (Å²) in [5, 5.41) is 23.3. The van der Waals surface area contributed by atoms with Gasteiger partial charge >= 0.3 is 6.09 Å². The first-order valence-corrected chi connectivity index (χ1v) is 8.49. The smallest absolute Gasteiger partial charge is 0.407 e. The Bertz CT molecular complexity index is 878. The Kier molecular flexibility index (Phi) is 5.88. The minimum Gasteiger partial charge on any atom is -0.465 e. The number of benzene rings is 1. The van der Waals surface area contributed by atoms with E-state index >= 15 is 0 Å². The van der Waals surface area contributed by atoms with Crippen molar-refractivity contribution < 1.29 is 24.3 Å². The third-order valence-electron chi connectivity index (χ3n) is 4.72. The van der Waals surface area contributed by atoms with Crippen LogP contribution < -0.4 is 15.5 Å². The van der Waals surface area contributed by atoms with E-state index in [4.69, 9.17) is 10.4 Å². The first-order chi connectivity index (χ1) is 13.1. The Balaban J connectivity index is 2.40. The maximum atomic E-state index is 12.7. The molecule has 28 heavy (non-hydrogen) atoms. The first-order valence-electron chi connectivity index (χ1n) is 8.49. The highest BCUT2D eigenvalue weighted by atomic mass is 16.4. The van der Waals surface area contributed by atoms with Gasteiger partial charge in [0, 0.05) is 14.0 Å². The van der Waals surface area contributed by atoms with E-state index in [0.29, 0.717) is 16.9 Å². The molecule has 4 amide bonds. The van der Waals surface area contributed by atoms with Gasteiger partial charge in [0.1, 0.15) is 12.1 Å². The van der Waals surface area contributed by atoms with Crippen LogP contribution in [0.15, 0.2) is 18.2 Å². The summed E-state index contributed by atoms with van der Waals surface area (Å²) >= 11 is 0. The summed E-state index contributed by atoms with van der Waals surface area (Å²) in [7, 11) is 1.24. The van der Waals surface area contributed by atoms with Crippen molar-refractivity contribution in [3.05, 3.63) is 23.8 Å². The number of carboxylic acid groups (broad SMARTS) is 1. The highest BCUT2D eigenvalue weighted by Crippen LogP contribution is 2.32. The third-order valence-corrected chi connectivity index (χ3v) is 4.72. The minimum absolute atomic E-state index is 0.311. The quantitative estimate of drug-likeness (QED) is 0.698. The molecule has 0 spiro atoms. The fourth-order valence-corrected chi connectivity index (χ4v) is 2.96. The lowest BCUT2D eigenvalue weighted by Gasteiger charge is -2.32. The van der Waals surface area contributed by atoms with Crippen LogP contribution in [0.4, 0.5) is 16.2 Å². The number of amides is 4. The molecule has 1 aromatic rings. The molecule has 0 aromatic heterocycles. The van der Waals surface area contributed by atoms with Gasteiger partial charge in [-0.1, -0.05) is 0 Å². The average Bonchev–Trinajstić information content (AvgIpc) is 2.74.